The van der Waals surface area contributed by atoms with Crippen LogP contribution in [0.3, 0.4) is 0 Å². The van der Waals surface area contributed by atoms with Crippen LogP contribution in [0.1, 0.15) is 0 Å². The number of halogens is 2. The molecule has 0 aliphatic carbocycles. The number of nitrogens with one attached hydrogen (secondary N) is 1. The summed E-state index contributed by atoms with van der Waals surface area (Å²) in [5.41, 5.74) is 0.756. The average Bonchev–Trinajstić information content (AvgIpc) is 2.19. The zero-order valence-electron chi connectivity index (χ0n) is 7.37. The van der Waals surface area contributed by atoms with Crippen molar-refractivity contribution in [1.82, 2.24) is 0 Å². The van der Waals surface area contributed by atoms with E-state index in [-0.39, 0.29) is 13.2 Å². The summed E-state index contributed by atoms with van der Waals surface area (Å²) in [7, 11) is 0. The lowest BCUT2D eigenvalue weighted by Crippen LogP contribution is -2.22. The molecule has 1 aromatic carbocycles. The van der Waals surface area contributed by atoms with Crippen molar-refractivity contribution < 1.29 is 10.2 Å². The van der Waals surface area contributed by atoms with Gasteiger partial charge in [-0.25, -0.2) is 0 Å². The first-order valence-electron chi connectivity index (χ1n) is 4.11. The van der Waals surface area contributed by atoms with Gasteiger partial charge in [-0.2, -0.15) is 0 Å². The summed E-state index contributed by atoms with van der Waals surface area (Å²) < 4.78 is 0. The van der Waals surface area contributed by atoms with Crippen LogP contribution in [-0.2, 0) is 0 Å². The van der Waals surface area contributed by atoms with Crippen molar-refractivity contribution in [3.8, 4) is 0 Å². The van der Waals surface area contributed by atoms with Crippen LogP contribution < -0.4 is 5.32 Å². The van der Waals surface area contributed by atoms with Gasteiger partial charge in [0.15, 0.2) is 0 Å². The Bertz CT molecular complexity index is 307. The molecule has 78 valence electrons. The third-order valence-electron chi connectivity index (χ3n) is 1.67. The molecule has 14 heavy (non-hydrogen) atoms. The van der Waals surface area contributed by atoms with E-state index in [1.165, 1.54) is 0 Å². The maximum Gasteiger partial charge on any atom is 0.0942 e. The quantitative estimate of drug-likeness (QED) is 0.746. The van der Waals surface area contributed by atoms with Gasteiger partial charge in [-0.15, -0.1) is 0 Å². The van der Waals surface area contributed by atoms with Gasteiger partial charge in [-0.05, 0) is 18.2 Å². The minimum absolute atomic E-state index is 0.270. The standard InChI is InChI=1S/C9H11Cl2NO2/c10-8-2-1-6(3-9(8)11)12-4-7(14)5-13/h1-3,7,12-14H,4-5H2. The van der Waals surface area contributed by atoms with Gasteiger partial charge in [0.05, 0.1) is 22.8 Å². The van der Waals surface area contributed by atoms with Crippen LogP contribution >= 0.6 is 23.2 Å². The Balaban J connectivity index is 2.55. The van der Waals surface area contributed by atoms with Crippen LogP contribution in [0, 0.1) is 0 Å². The minimum atomic E-state index is -0.774. The Morgan fingerprint density at radius 3 is 2.57 bits per heavy atom. The van der Waals surface area contributed by atoms with E-state index >= 15 is 0 Å². The molecule has 0 aliphatic heterocycles. The molecule has 1 atom stereocenters. The molecule has 1 unspecified atom stereocenters. The molecule has 5 heteroatoms. The zero-order valence-corrected chi connectivity index (χ0v) is 8.89. The third kappa shape index (κ3) is 3.35. The Labute approximate surface area is 92.3 Å². The number of hydrogen-bond acceptors (Lipinski definition) is 3. The maximum atomic E-state index is 9.07. The van der Waals surface area contributed by atoms with Crippen molar-refractivity contribution in [2.45, 2.75) is 6.10 Å². The van der Waals surface area contributed by atoms with Gasteiger partial charge < -0.3 is 15.5 Å². The van der Waals surface area contributed by atoms with Gasteiger partial charge in [-0.1, -0.05) is 23.2 Å². The fourth-order valence-corrected chi connectivity index (χ4v) is 1.20. The number of benzene rings is 1. The zero-order chi connectivity index (χ0) is 10.6. The van der Waals surface area contributed by atoms with E-state index in [1.807, 2.05) is 0 Å². The normalized spacial score (nSPS) is 12.6. The molecule has 0 heterocycles. The maximum absolute atomic E-state index is 9.07. The fourth-order valence-electron chi connectivity index (χ4n) is 0.906. The monoisotopic (exact) mass is 235 g/mol. The number of hydrogen-bond donors (Lipinski definition) is 3. The van der Waals surface area contributed by atoms with Crippen molar-refractivity contribution in [2.75, 3.05) is 18.5 Å². The molecule has 0 radical (unpaired) electrons. The molecule has 0 saturated carbocycles. The number of aliphatic hydroxyl groups is 2. The van der Waals surface area contributed by atoms with Gasteiger partial charge >= 0.3 is 0 Å². The molecule has 1 aromatic rings. The van der Waals surface area contributed by atoms with E-state index < -0.39 is 6.10 Å². The van der Waals surface area contributed by atoms with E-state index in [4.69, 9.17) is 33.4 Å². The van der Waals surface area contributed by atoms with Crippen molar-refractivity contribution >= 4 is 28.9 Å². The Morgan fingerprint density at radius 1 is 1.29 bits per heavy atom. The van der Waals surface area contributed by atoms with E-state index in [0.29, 0.717) is 10.0 Å². The minimum Gasteiger partial charge on any atom is -0.394 e. The Hall–Kier alpha value is -0.480. The van der Waals surface area contributed by atoms with Crippen molar-refractivity contribution in [3.63, 3.8) is 0 Å². The predicted octanol–water partition coefficient (Wildman–Crippen LogP) is 1.76. The molecule has 0 fully saturated rings. The largest absolute Gasteiger partial charge is 0.394 e. The molecule has 0 bridgehead atoms. The highest BCUT2D eigenvalue weighted by Gasteiger charge is 2.02. The van der Waals surface area contributed by atoms with E-state index in [1.54, 1.807) is 18.2 Å². The number of anilines is 1. The first-order chi connectivity index (χ1) is 6.63. The fraction of sp³-hybridized carbons (Fsp3) is 0.333. The van der Waals surface area contributed by atoms with Crippen LogP contribution in [0.4, 0.5) is 5.69 Å². The van der Waals surface area contributed by atoms with Crippen molar-refractivity contribution in [1.29, 1.82) is 0 Å². The summed E-state index contributed by atoms with van der Waals surface area (Å²) in [6.45, 7) is 0.00276. The van der Waals surface area contributed by atoms with Crippen molar-refractivity contribution in [3.05, 3.63) is 28.2 Å². The second-order valence-electron chi connectivity index (χ2n) is 2.85. The topological polar surface area (TPSA) is 52.5 Å². The van der Waals surface area contributed by atoms with Crippen LogP contribution in [0.15, 0.2) is 18.2 Å². The molecular formula is C9H11Cl2NO2. The molecule has 1 rings (SSSR count). The SMILES string of the molecule is OCC(O)CNc1ccc(Cl)c(Cl)c1. The second kappa shape index (κ2) is 5.41. The number of rotatable bonds is 4. The molecule has 3 nitrogen and oxygen atoms in total. The highest BCUT2D eigenvalue weighted by atomic mass is 35.5. The first-order valence-corrected chi connectivity index (χ1v) is 4.87. The lowest BCUT2D eigenvalue weighted by Gasteiger charge is -2.10. The smallest absolute Gasteiger partial charge is 0.0942 e. The van der Waals surface area contributed by atoms with Crippen LogP contribution in [-0.4, -0.2) is 29.5 Å². The number of aliphatic hydroxyl groups excluding tert-OH is 2. The molecule has 0 aliphatic rings. The van der Waals surface area contributed by atoms with Gasteiger partial charge in [-0.3, -0.25) is 0 Å². The van der Waals surface area contributed by atoms with Crippen LogP contribution in [0.25, 0.3) is 0 Å². The molecule has 0 saturated heterocycles. The van der Waals surface area contributed by atoms with E-state index in [9.17, 15) is 0 Å². The summed E-state index contributed by atoms with van der Waals surface area (Å²) >= 11 is 11.5. The Morgan fingerprint density at radius 2 is 2.00 bits per heavy atom. The van der Waals surface area contributed by atoms with Crippen LogP contribution in [0.5, 0.6) is 0 Å². The molecule has 0 amide bonds. The van der Waals surface area contributed by atoms with E-state index in [2.05, 4.69) is 5.32 Å². The third-order valence-corrected chi connectivity index (χ3v) is 2.41. The summed E-state index contributed by atoms with van der Waals surface area (Å²) in [5, 5.41) is 21.5. The molecule has 0 aromatic heterocycles. The van der Waals surface area contributed by atoms with Gasteiger partial charge in [0.2, 0.25) is 0 Å². The first kappa shape index (κ1) is 11.6. The summed E-state index contributed by atoms with van der Waals surface area (Å²) in [6, 6.07) is 5.07. The molecular weight excluding hydrogens is 225 g/mol. The van der Waals surface area contributed by atoms with Gasteiger partial charge in [0, 0.05) is 12.2 Å². The Kier molecular flexibility index (Phi) is 4.48. The van der Waals surface area contributed by atoms with Gasteiger partial charge in [0.1, 0.15) is 0 Å². The highest BCUT2D eigenvalue weighted by molar-refractivity contribution is 6.42. The molecule has 3 N–H and O–H groups in total. The summed E-state index contributed by atoms with van der Waals surface area (Å²) in [4.78, 5) is 0. The second-order valence-corrected chi connectivity index (χ2v) is 3.66. The average molecular weight is 236 g/mol. The lowest BCUT2D eigenvalue weighted by molar-refractivity contribution is 0.105. The summed E-state index contributed by atoms with van der Waals surface area (Å²) in [6.07, 6.45) is -0.774. The molecule has 0 spiro atoms. The van der Waals surface area contributed by atoms with Gasteiger partial charge in [0.25, 0.3) is 0 Å². The predicted molar refractivity (Wildman–Crippen MR) is 58.0 cm³/mol. The highest BCUT2D eigenvalue weighted by Crippen LogP contribution is 2.24. The van der Waals surface area contributed by atoms with Crippen LogP contribution in [0.2, 0.25) is 10.0 Å². The van der Waals surface area contributed by atoms with Crippen molar-refractivity contribution in [2.24, 2.45) is 0 Å². The lowest BCUT2D eigenvalue weighted by atomic mass is 10.3. The van der Waals surface area contributed by atoms with E-state index in [0.717, 1.165) is 5.69 Å². The summed E-state index contributed by atoms with van der Waals surface area (Å²) in [5.74, 6) is 0.